The minimum absolute atomic E-state index is 0.0183. The average molecular weight is 279 g/mol. The molecule has 0 spiro atoms. The van der Waals surface area contributed by atoms with Crippen LogP contribution in [0.1, 0.15) is 13.3 Å². The van der Waals surface area contributed by atoms with Crippen molar-refractivity contribution >= 4 is 29.0 Å². The van der Waals surface area contributed by atoms with Gasteiger partial charge in [0.1, 0.15) is 0 Å². The van der Waals surface area contributed by atoms with Gasteiger partial charge < -0.3 is 11.1 Å². The third kappa shape index (κ3) is 3.88. The van der Waals surface area contributed by atoms with Crippen LogP contribution in [0.3, 0.4) is 0 Å². The van der Waals surface area contributed by atoms with Gasteiger partial charge in [-0.1, -0.05) is 12.1 Å². The summed E-state index contributed by atoms with van der Waals surface area (Å²) in [6, 6.07) is 7.25. The summed E-state index contributed by atoms with van der Waals surface area (Å²) >= 11 is 1.96. The number of thioether (sulfide) groups is 1. The predicted molar refractivity (Wildman–Crippen MR) is 82.5 cm³/mol. The summed E-state index contributed by atoms with van der Waals surface area (Å²) in [5.74, 6) is 2.31. The van der Waals surface area contributed by atoms with Crippen molar-refractivity contribution in [1.82, 2.24) is 4.90 Å². The highest BCUT2D eigenvalue weighted by molar-refractivity contribution is 7.99. The van der Waals surface area contributed by atoms with E-state index in [0.717, 1.165) is 25.3 Å². The zero-order valence-electron chi connectivity index (χ0n) is 11.3. The molecule has 0 saturated carbocycles. The van der Waals surface area contributed by atoms with E-state index in [-0.39, 0.29) is 11.9 Å². The number of anilines is 2. The predicted octanol–water partition coefficient (Wildman–Crippen LogP) is 2.03. The van der Waals surface area contributed by atoms with Crippen molar-refractivity contribution < 1.29 is 4.79 Å². The summed E-state index contributed by atoms with van der Waals surface area (Å²) in [5.41, 5.74) is 7.14. The van der Waals surface area contributed by atoms with E-state index in [1.54, 1.807) is 6.07 Å². The van der Waals surface area contributed by atoms with Gasteiger partial charge in [0.15, 0.2) is 0 Å². The summed E-state index contributed by atoms with van der Waals surface area (Å²) in [6.07, 6.45) is 1.15. The van der Waals surface area contributed by atoms with E-state index in [1.165, 1.54) is 5.75 Å². The minimum atomic E-state index is -0.113. The summed E-state index contributed by atoms with van der Waals surface area (Å²) in [7, 11) is 0. The van der Waals surface area contributed by atoms with Crippen LogP contribution in [-0.2, 0) is 4.79 Å². The Kier molecular flexibility index (Phi) is 5.10. The Morgan fingerprint density at radius 2 is 2.16 bits per heavy atom. The van der Waals surface area contributed by atoms with Crippen molar-refractivity contribution in [3.05, 3.63) is 24.3 Å². The normalized spacial score (nSPS) is 18.6. The second kappa shape index (κ2) is 6.82. The molecule has 0 bridgehead atoms. The van der Waals surface area contributed by atoms with Crippen LogP contribution in [0.5, 0.6) is 0 Å². The highest BCUT2D eigenvalue weighted by Crippen LogP contribution is 2.18. The van der Waals surface area contributed by atoms with Gasteiger partial charge in [0.05, 0.1) is 17.4 Å². The summed E-state index contributed by atoms with van der Waals surface area (Å²) < 4.78 is 0. The SMILES string of the molecule is CC(C(=O)Nc1ccccc1N)N1CCCSCC1. The number of carbonyl (C=O) groups is 1. The largest absolute Gasteiger partial charge is 0.397 e. The Morgan fingerprint density at radius 1 is 1.37 bits per heavy atom. The van der Waals surface area contributed by atoms with Crippen LogP contribution >= 0.6 is 11.8 Å². The number of benzene rings is 1. The second-order valence-electron chi connectivity index (χ2n) is 4.75. The fourth-order valence-electron chi connectivity index (χ4n) is 2.17. The number of nitrogens with one attached hydrogen (secondary N) is 1. The quantitative estimate of drug-likeness (QED) is 0.831. The minimum Gasteiger partial charge on any atom is -0.397 e. The van der Waals surface area contributed by atoms with Crippen molar-refractivity contribution in [3.8, 4) is 0 Å². The van der Waals surface area contributed by atoms with Gasteiger partial charge in [-0.3, -0.25) is 9.69 Å². The molecule has 1 amide bonds. The number of nitrogen functional groups attached to an aromatic ring is 1. The molecule has 1 atom stereocenters. The molecular formula is C14H21N3OS. The smallest absolute Gasteiger partial charge is 0.241 e. The number of para-hydroxylation sites is 2. The van der Waals surface area contributed by atoms with Gasteiger partial charge in [0, 0.05) is 12.3 Å². The van der Waals surface area contributed by atoms with Crippen LogP contribution in [0.15, 0.2) is 24.3 Å². The average Bonchev–Trinajstić information content (AvgIpc) is 2.69. The molecule has 1 aromatic carbocycles. The maximum atomic E-state index is 12.3. The fraction of sp³-hybridized carbons (Fsp3) is 0.500. The molecule has 1 fully saturated rings. The topological polar surface area (TPSA) is 58.4 Å². The van der Waals surface area contributed by atoms with Crippen molar-refractivity contribution in [2.75, 3.05) is 35.6 Å². The molecule has 1 saturated heterocycles. The number of nitrogens with two attached hydrogens (primary N) is 1. The molecule has 2 rings (SSSR count). The number of rotatable bonds is 3. The number of amides is 1. The van der Waals surface area contributed by atoms with E-state index >= 15 is 0 Å². The van der Waals surface area contributed by atoms with Crippen LogP contribution in [0.4, 0.5) is 11.4 Å². The van der Waals surface area contributed by atoms with Gasteiger partial charge in [-0.15, -0.1) is 0 Å². The van der Waals surface area contributed by atoms with E-state index in [0.29, 0.717) is 11.4 Å². The molecule has 1 aliphatic heterocycles. The molecule has 3 N–H and O–H groups in total. The molecule has 19 heavy (non-hydrogen) atoms. The first-order valence-electron chi connectivity index (χ1n) is 6.65. The number of carbonyl (C=O) groups excluding carboxylic acids is 1. The first kappa shape index (κ1) is 14.2. The Morgan fingerprint density at radius 3 is 2.95 bits per heavy atom. The standard InChI is InChI=1S/C14H21N3OS/c1-11(17-7-4-9-19-10-8-17)14(18)16-13-6-3-2-5-12(13)15/h2-3,5-6,11H,4,7-10,15H2,1H3,(H,16,18). The van der Waals surface area contributed by atoms with Crippen LogP contribution < -0.4 is 11.1 Å². The molecular weight excluding hydrogens is 258 g/mol. The third-order valence-corrected chi connectivity index (χ3v) is 4.45. The van der Waals surface area contributed by atoms with E-state index in [4.69, 9.17) is 5.73 Å². The monoisotopic (exact) mass is 279 g/mol. The van der Waals surface area contributed by atoms with Gasteiger partial charge in [-0.05, 0) is 37.8 Å². The van der Waals surface area contributed by atoms with Gasteiger partial charge in [0.25, 0.3) is 0 Å². The van der Waals surface area contributed by atoms with Gasteiger partial charge >= 0.3 is 0 Å². The van der Waals surface area contributed by atoms with Gasteiger partial charge in [0.2, 0.25) is 5.91 Å². The molecule has 1 aliphatic rings. The number of hydrogen-bond donors (Lipinski definition) is 2. The molecule has 0 radical (unpaired) electrons. The fourth-order valence-corrected chi connectivity index (χ4v) is 3.07. The first-order valence-corrected chi connectivity index (χ1v) is 7.81. The van der Waals surface area contributed by atoms with Crippen LogP contribution in [-0.4, -0.2) is 41.4 Å². The molecule has 104 valence electrons. The van der Waals surface area contributed by atoms with Gasteiger partial charge in [-0.25, -0.2) is 0 Å². The lowest BCUT2D eigenvalue weighted by Gasteiger charge is -2.26. The van der Waals surface area contributed by atoms with Crippen LogP contribution in [0.2, 0.25) is 0 Å². The lowest BCUT2D eigenvalue weighted by atomic mass is 10.2. The zero-order valence-corrected chi connectivity index (χ0v) is 12.1. The Hall–Kier alpha value is -1.20. The lowest BCUT2D eigenvalue weighted by Crippen LogP contribution is -2.43. The molecule has 4 nitrogen and oxygen atoms in total. The number of nitrogens with zero attached hydrogens (tertiary/aromatic N) is 1. The highest BCUT2D eigenvalue weighted by atomic mass is 32.2. The molecule has 1 aromatic rings. The second-order valence-corrected chi connectivity index (χ2v) is 5.98. The Balaban J connectivity index is 1.97. The van der Waals surface area contributed by atoms with Crippen molar-refractivity contribution in [1.29, 1.82) is 0 Å². The summed E-state index contributed by atoms with van der Waals surface area (Å²) in [6.45, 7) is 3.93. The molecule has 1 unspecified atom stereocenters. The van der Waals surface area contributed by atoms with Crippen molar-refractivity contribution in [2.24, 2.45) is 0 Å². The maximum absolute atomic E-state index is 12.3. The molecule has 1 heterocycles. The summed E-state index contributed by atoms with van der Waals surface area (Å²) in [4.78, 5) is 14.5. The van der Waals surface area contributed by atoms with Gasteiger partial charge in [-0.2, -0.15) is 11.8 Å². The van der Waals surface area contributed by atoms with Crippen LogP contribution in [0.25, 0.3) is 0 Å². The lowest BCUT2D eigenvalue weighted by molar-refractivity contribution is -0.120. The van der Waals surface area contributed by atoms with E-state index in [9.17, 15) is 4.79 Å². The first-order chi connectivity index (χ1) is 9.18. The molecule has 5 heteroatoms. The Bertz CT molecular complexity index is 430. The maximum Gasteiger partial charge on any atom is 0.241 e. The van der Waals surface area contributed by atoms with Crippen molar-refractivity contribution in [3.63, 3.8) is 0 Å². The van der Waals surface area contributed by atoms with E-state index < -0.39 is 0 Å². The number of hydrogen-bond acceptors (Lipinski definition) is 4. The summed E-state index contributed by atoms with van der Waals surface area (Å²) in [5, 5.41) is 2.92. The van der Waals surface area contributed by atoms with Crippen molar-refractivity contribution in [2.45, 2.75) is 19.4 Å². The molecule has 0 aliphatic carbocycles. The zero-order chi connectivity index (χ0) is 13.7. The van der Waals surface area contributed by atoms with E-state index in [2.05, 4.69) is 10.2 Å². The third-order valence-electron chi connectivity index (χ3n) is 3.40. The highest BCUT2D eigenvalue weighted by Gasteiger charge is 2.22. The van der Waals surface area contributed by atoms with E-state index in [1.807, 2.05) is 36.9 Å². The van der Waals surface area contributed by atoms with Crippen LogP contribution in [0, 0.1) is 0 Å². The molecule has 0 aromatic heterocycles. The Labute approximate surface area is 118 Å².